The second-order valence-corrected chi connectivity index (χ2v) is 2.74. The Bertz CT molecular complexity index is 355. The van der Waals surface area contributed by atoms with Crippen LogP contribution in [0.1, 0.15) is 10.4 Å². The molecule has 0 aliphatic rings. The molecule has 0 aliphatic carbocycles. The quantitative estimate of drug-likeness (QED) is 0.738. The highest BCUT2D eigenvalue weighted by Gasteiger charge is 2.15. The summed E-state index contributed by atoms with van der Waals surface area (Å²) in [6.45, 7) is -3.19. The fourth-order valence-electron chi connectivity index (χ4n) is 0.881. The van der Waals surface area contributed by atoms with E-state index in [1.165, 1.54) is 0 Å². The van der Waals surface area contributed by atoms with Crippen molar-refractivity contribution in [3.8, 4) is 5.75 Å². The van der Waals surface area contributed by atoms with Crippen molar-refractivity contribution in [3.05, 3.63) is 28.5 Å². The van der Waals surface area contributed by atoms with Crippen molar-refractivity contribution in [2.75, 3.05) is 0 Å². The molecule has 0 radical (unpaired) electrons. The molecule has 14 heavy (non-hydrogen) atoms. The number of rotatable bonds is 3. The Labute approximate surface area is 82.2 Å². The summed E-state index contributed by atoms with van der Waals surface area (Å²) >= 11 is 5.40. The van der Waals surface area contributed by atoms with Crippen LogP contribution in [0, 0.1) is 5.82 Å². The van der Waals surface area contributed by atoms with Crippen LogP contribution in [0.15, 0.2) is 12.1 Å². The summed E-state index contributed by atoms with van der Waals surface area (Å²) in [7, 11) is 0. The second kappa shape index (κ2) is 4.32. The lowest BCUT2D eigenvalue weighted by Crippen LogP contribution is -2.06. The number of ether oxygens (including phenoxy) is 1. The molecule has 0 atom stereocenters. The Morgan fingerprint density at radius 1 is 1.43 bits per heavy atom. The molecule has 6 heteroatoms. The van der Waals surface area contributed by atoms with E-state index in [1.54, 1.807) is 0 Å². The SMILES string of the molecule is O=Cc1cc(Cl)cc(F)c1OC(F)F. The molecule has 0 heterocycles. The molecule has 0 bridgehead atoms. The number of aldehydes is 1. The minimum atomic E-state index is -3.19. The van der Waals surface area contributed by atoms with Crippen molar-refractivity contribution in [1.29, 1.82) is 0 Å². The number of carbonyl (C=O) groups is 1. The molecule has 0 spiro atoms. The van der Waals surface area contributed by atoms with E-state index in [1.807, 2.05) is 0 Å². The maximum atomic E-state index is 13.0. The van der Waals surface area contributed by atoms with Gasteiger partial charge in [-0.05, 0) is 12.1 Å². The van der Waals surface area contributed by atoms with Gasteiger partial charge in [-0.15, -0.1) is 0 Å². The van der Waals surface area contributed by atoms with Crippen LogP contribution < -0.4 is 4.74 Å². The largest absolute Gasteiger partial charge is 0.431 e. The fourth-order valence-corrected chi connectivity index (χ4v) is 1.09. The van der Waals surface area contributed by atoms with Crippen molar-refractivity contribution < 1.29 is 22.7 Å². The topological polar surface area (TPSA) is 26.3 Å². The van der Waals surface area contributed by atoms with Crippen molar-refractivity contribution in [2.45, 2.75) is 6.61 Å². The van der Waals surface area contributed by atoms with E-state index in [0.717, 1.165) is 12.1 Å². The molecule has 1 aromatic carbocycles. The predicted octanol–water partition coefficient (Wildman–Crippen LogP) is 2.89. The summed E-state index contributed by atoms with van der Waals surface area (Å²) in [5, 5.41) is -0.0637. The minimum absolute atomic E-state index is 0.0637. The van der Waals surface area contributed by atoms with Crippen LogP contribution >= 0.6 is 11.6 Å². The third-order valence-electron chi connectivity index (χ3n) is 1.37. The molecule has 0 fully saturated rings. The van der Waals surface area contributed by atoms with Gasteiger partial charge in [0.05, 0.1) is 5.56 Å². The highest BCUT2D eigenvalue weighted by Crippen LogP contribution is 2.27. The van der Waals surface area contributed by atoms with Gasteiger partial charge in [0.15, 0.2) is 17.9 Å². The van der Waals surface area contributed by atoms with Gasteiger partial charge in [-0.2, -0.15) is 8.78 Å². The molecule has 1 rings (SSSR count). The van der Waals surface area contributed by atoms with Gasteiger partial charge in [0, 0.05) is 5.02 Å². The molecule has 0 saturated heterocycles. The summed E-state index contributed by atoms with van der Waals surface area (Å²) in [5.41, 5.74) is -0.352. The summed E-state index contributed by atoms with van der Waals surface area (Å²) < 4.78 is 40.3. The highest BCUT2D eigenvalue weighted by atomic mass is 35.5. The zero-order chi connectivity index (χ0) is 10.7. The van der Waals surface area contributed by atoms with E-state index < -0.39 is 18.2 Å². The molecule has 1 aromatic rings. The molecule has 0 aliphatic heterocycles. The minimum Gasteiger partial charge on any atom is -0.431 e. The third-order valence-corrected chi connectivity index (χ3v) is 1.59. The van der Waals surface area contributed by atoms with Crippen LogP contribution in [-0.2, 0) is 0 Å². The number of carbonyl (C=O) groups excluding carboxylic acids is 1. The monoisotopic (exact) mass is 224 g/mol. The molecule has 2 nitrogen and oxygen atoms in total. The smallest absolute Gasteiger partial charge is 0.387 e. The van der Waals surface area contributed by atoms with Crippen molar-refractivity contribution in [3.63, 3.8) is 0 Å². The molecule has 76 valence electrons. The zero-order valence-corrected chi connectivity index (χ0v) is 7.39. The van der Waals surface area contributed by atoms with Gasteiger partial charge in [0.1, 0.15) is 0 Å². The Balaban J connectivity index is 3.18. The van der Waals surface area contributed by atoms with E-state index in [4.69, 9.17) is 11.6 Å². The lowest BCUT2D eigenvalue weighted by Gasteiger charge is -2.08. The molecular weight excluding hydrogens is 221 g/mol. The van der Waals surface area contributed by atoms with Crippen molar-refractivity contribution in [2.24, 2.45) is 0 Å². The van der Waals surface area contributed by atoms with E-state index in [2.05, 4.69) is 4.74 Å². The Morgan fingerprint density at radius 3 is 2.57 bits per heavy atom. The van der Waals surface area contributed by atoms with Crippen LogP contribution in [0.3, 0.4) is 0 Å². The average Bonchev–Trinajstić information content (AvgIpc) is 2.08. The first-order chi connectivity index (χ1) is 6.54. The van der Waals surface area contributed by atoms with Crippen molar-refractivity contribution in [1.82, 2.24) is 0 Å². The van der Waals surface area contributed by atoms with Crippen LogP contribution in [0.4, 0.5) is 13.2 Å². The highest BCUT2D eigenvalue weighted by molar-refractivity contribution is 6.30. The Kier molecular flexibility index (Phi) is 3.35. The van der Waals surface area contributed by atoms with Crippen LogP contribution in [-0.4, -0.2) is 12.9 Å². The van der Waals surface area contributed by atoms with Crippen LogP contribution in [0.5, 0.6) is 5.75 Å². The number of alkyl halides is 2. The maximum Gasteiger partial charge on any atom is 0.387 e. The van der Waals surface area contributed by atoms with Gasteiger partial charge in [-0.3, -0.25) is 4.79 Å². The number of hydrogen-bond donors (Lipinski definition) is 0. The summed E-state index contributed by atoms with van der Waals surface area (Å²) in [4.78, 5) is 10.4. The first-order valence-electron chi connectivity index (χ1n) is 3.43. The van der Waals surface area contributed by atoms with E-state index in [-0.39, 0.29) is 16.9 Å². The zero-order valence-electron chi connectivity index (χ0n) is 6.64. The average molecular weight is 225 g/mol. The predicted molar refractivity (Wildman–Crippen MR) is 43.4 cm³/mol. The molecule has 0 unspecified atom stereocenters. The fraction of sp³-hybridized carbons (Fsp3) is 0.125. The van der Waals surface area contributed by atoms with E-state index in [0.29, 0.717) is 0 Å². The molecule has 0 aromatic heterocycles. The molecular formula is C8H4ClF3O2. The van der Waals surface area contributed by atoms with Gasteiger partial charge in [-0.25, -0.2) is 4.39 Å². The first kappa shape index (κ1) is 10.8. The van der Waals surface area contributed by atoms with Crippen LogP contribution in [0.2, 0.25) is 5.02 Å². The lowest BCUT2D eigenvalue weighted by molar-refractivity contribution is -0.0524. The molecule has 0 saturated carbocycles. The standard InChI is InChI=1S/C8H4ClF3O2/c9-5-1-4(3-13)7(6(10)2-5)14-8(11)12/h1-3,8H. The van der Waals surface area contributed by atoms with Gasteiger partial charge in [-0.1, -0.05) is 11.6 Å². The van der Waals surface area contributed by atoms with Crippen molar-refractivity contribution >= 4 is 17.9 Å². The Morgan fingerprint density at radius 2 is 2.07 bits per heavy atom. The second-order valence-electron chi connectivity index (χ2n) is 2.30. The number of halogens is 4. The Hall–Kier alpha value is -1.23. The van der Waals surface area contributed by atoms with Gasteiger partial charge in [0.25, 0.3) is 0 Å². The molecule has 0 N–H and O–H groups in total. The molecule has 0 amide bonds. The first-order valence-corrected chi connectivity index (χ1v) is 3.81. The van der Waals surface area contributed by atoms with E-state index >= 15 is 0 Å². The number of hydrogen-bond acceptors (Lipinski definition) is 2. The summed E-state index contributed by atoms with van der Waals surface area (Å²) in [5.74, 6) is -1.89. The van der Waals surface area contributed by atoms with Crippen LogP contribution in [0.25, 0.3) is 0 Å². The third kappa shape index (κ3) is 2.38. The summed E-state index contributed by atoms with van der Waals surface area (Å²) in [6.07, 6.45) is 0.187. The summed E-state index contributed by atoms with van der Waals surface area (Å²) in [6, 6.07) is 1.82. The normalized spacial score (nSPS) is 10.4. The maximum absolute atomic E-state index is 13.0. The number of benzene rings is 1. The lowest BCUT2D eigenvalue weighted by atomic mass is 10.2. The van der Waals surface area contributed by atoms with Gasteiger partial charge >= 0.3 is 6.61 Å². The van der Waals surface area contributed by atoms with E-state index in [9.17, 15) is 18.0 Å². The van der Waals surface area contributed by atoms with Gasteiger partial charge < -0.3 is 4.74 Å². The van der Waals surface area contributed by atoms with Gasteiger partial charge in [0.2, 0.25) is 0 Å².